The maximum absolute atomic E-state index is 11.7. The van der Waals surface area contributed by atoms with Crippen molar-refractivity contribution in [2.75, 3.05) is 7.11 Å². The number of imidazole rings is 1. The minimum Gasteiger partial charge on any atom is -0.463 e. The molecule has 1 fully saturated rings. The SMILES string of the molecule is COC(=O)c1nc2cncc(Br)c2n1C1CC1. The van der Waals surface area contributed by atoms with Crippen molar-refractivity contribution < 1.29 is 9.53 Å². The first-order chi connectivity index (χ1) is 8.22. The van der Waals surface area contributed by atoms with Gasteiger partial charge in [-0.3, -0.25) is 4.98 Å². The molecule has 2 aromatic heterocycles. The van der Waals surface area contributed by atoms with Crippen LogP contribution in [-0.4, -0.2) is 27.6 Å². The summed E-state index contributed by atoms with van der Waals surface area (Å²) in [6.45, 7) is 0. The summed E-state index contributed by atoms with van der Waals surface area (Å²) in [5.41, 5.74) is 1.63. The summed E-state index contributed by atoms with van der Waals surface area (Å²) in [5, 5.41) is 0. The maximum Gasteiger partial charge on any atom is 0.374 e. The van der Waals surface area contributed by atoms with Gasteiger partial charge in [0.1, 0.15) is 5.52 Å². The molecule has 17 heavy (non-hydrogen) atoms. The Morgan fingerprint density at radius 3 is 2.94 bits per heavy atom. The van der Waals surface area contributed by atoms with Crippen LogP contribution < -0.4 is 0 Å². The van der Waals surface area contributed by atoms with E-state index in [1.807, 2.05) is 4.57 Å². The van der Waals surface area contributed by atoms with Gasteiger partial charge in [0.05, 0.1) is 23.3 Å². The molecule has 6 heteroatoms. The number of carbonyl (C=O) groups is 1. The van der Waals surface area contributed by atoms with E-state index in [1.54, 1.807) is 12.4 Å². The number of rotatable bonds is 2. The number of pyridine rings is 1. The lowest BCUT2D eigenvalue weighted by atomic mass is 10.4. The molecule has 0 saturated heterocycles. The van der Waals surface area contributed by atoms with Crippen molar-refractivity contribution in [1.29, 1.82) is 0 Å². The molecule has 0 radical (unpaired) electrons. The van der Waals surface area contributed by atoms with E-state index in [4.69, 9.17) is 4.74 Å². The number of fused-ring (bicyclic) bond motifs is 1. The molecular formula is C11H10BrN3O2. The molecule has 2 heterocycles. The van der Waals surface area contributed by atoms with Crippen LogP contribution in [0, 0.1) is 0 Å². The lowest BCUT2D eigenvalue weighted by molar-refractivity contribution is 0.0581. The van der Waals surface area contributed by atoms with Crippen LogP contribution in [0.5, 0.6) is 0 Å². The van der Waals surface area contributed by atoms with E-state index < -0.39 is 5.97 Å². The molecule has 3 rings (SSSR count). The summed E-state index contributed by atoms with van der Waals surface area (Å²) in [7, 11) is 1.37. The molecule has 2 aromatic rings. The van der Waals surface area contributed by atoms with Crippen LogP contribution in [0.15, 0.2) is 16.9 Å². The number of ether oxygens (including phenoxy) is 1. The standard InChI is InChI=1S/C11H10BrN3O2/c1-17-11(16)10-14-8-5-13-4-7(12)9(8)15(10)6-2-3-6/h4-6H,2-3H2,1H3. The number of esters is 1. The number of hydrogen-bond acceptors (Lipinski definition) is 4. The Hall–Kier alpha value is -1.43. The Balaban J connectivity index is 2.31. The topological polar surface area (TPSA) is 57.0 Å². The van der Waals surface area contributed by atoms with Gasteiger partial charge in [-0.1, -0.05) is 0 Å². The molecule has 1 aliphatic rings. The van der Waals surface area contributed by atoms with Gasteiger partial charge in [-0.15, -0.1) is 0 Å². The van der Waals surface area contributed by atoms with E-state index in [-0.39, 0.29) is 0 Å². The molecule has 0 bridgehead atoms. The van der Waals surface area contributed by atoms with Gasteiger partial charge in [-0.2, -0.15) is 0 Å². The molecule has 0 spiro atoms. The van der Waals surface area contributed by atoms with E-state index in [2.05, 4.69) is 25.9 Å². The van der Waals surface area contributed by atoms with Crippen molar-refractivity contribution in [1.82, 2.24) is 14.5 Å². The van der Waals surface area contributed by atoms with Crippen LogP contribution in [0.4, 0.5) is 0 Å². The van der Waals surface area contributed by atoms with Gasteiger partial charge in [0.2, 0.25) is 5.82 Å². The van der Waals surface area contributed by atoms with Gasteiger partial charge in [0, 0.05) is 12.2 Å². The molecule has 0 amide bonds. The molecule has 0 unspecified atom stereocenters. The van der Waals surface area contributed by atoms with Crippen LogP contribution in [-0.2, 0) is 4.74 Å². The Bertz CT molecular complexity index is 604. The van der Waals surface area contributed by atoms with Crippen LogP contribution in [0.3, 0.4) is 0 Å². The van der Waals surface area contributed by atoms with Crippen molar-refractivity contribution >= 4 is 32.9 Å². The summed E-state index contributed by atoms with van der Waals surface area (Å²) >= 11 is 3.45. The summed E-state index contributed by atoms with van der Waals surface area (Å²) in [6, 6.07) is 0.354. The average molecular weight is 296 g/mol. The normalized spacial score (nSPS) is 15.2. The molecule has 88 valence electrons. The van der Waals surface area contributed by atoms with E-state index in [0.29, 0.717) is 17.4 Å². The molecule has 0 N–H and O–H groups in total. The van der Waals surface area contributed by atoms with Crippen molar-refractivity contribution in [3.05, 3.63) is 22.7 Å². The third-order valence-corrected chi connectivity index (χ3v) is 3.41. The zero-order valence-corrected chi connectivity index (χ0v) is 10.8. The third kappa shape index (κ3) is 1.63. The van der Waals surface area contributed by atoms with Gasteiger partial charge >= 0.3 is 5.97 Å². The van der Waals surface area contributed by atoms with Crippen molar-refractivity contribution in [3.63, 3.8) is 0 Å². The Morgan fingerprint density at radius 1 is 1.53 bits per heavy atom. The molecule has 1 saturated carbocycles. The van der Waals surface area contributed by atoms with Crippen LogP contribution >= 0.6 is 15.9 Å². The highest BCUT2D eigenvalue weighted by Gasteiger charge is 2.31. The minimum atomic E-state index is -0.403. The second-order valence-electron chi connectivity index (χ2n) is 4.02. The number of hydrogen-bond donors (Lipinski definition) is 0. The first-order valence-electron chi connectivity index (χ1n) is 5.32. The quantitative estimate of drug-likeness (QED) is 0.798. The first kappa shape index (κ1) is 10.7. The summed E-state index contributed by atoms with van der Waals surface area (Å²) < 4.78 is 7.57. The maximum atomic E-state index is 11.7. The minimum absolute atomic E-state index is 0.354. The summed E-state index contributed by atoms with van der Waals surface area (Å²) in [6.07, 6.45) is 5.52. The van der Waals surface area contributed by atoms with E-state index in [9.17, 15) is 4.79 Å². The molecular weight excluding hydrogens is 286 g/mol. The van der Waals surface area contributed by atoms with E-state index in [0.717, 1.165) is 22.8 Å². The van der Waals surface area contributed by atoms with Crippen molar-refractivity contribution in [2.24, 2.45) is 0 Å². The lowest BCUT2D eigenvalue weighted by Crippen LogP contribution is -2.11. The van der Waals surface area contributed by atoms with Crippen LogP contribution in [0.1, 0.15) is 29.5 Å². The van der Waals surface area contributed by atoms with Gasteiger partial charge in [0.25, 0.3) is 0 Å². The molecule has 0 aromatic carbocycles. The molecule has 5 nitrogen and oxygen atoms in total. The highest BCUT2D eigenvalue weighted by Crippen LogP contribution is 2.40. The fourth-order valence-electron chi connectivity index (χ4n) is 1.94. The predicted molar refractivity (Wildman–Crippen MR) is 64.8 cm³/mol. The average Bonchev–Trinajstić information content (AvgIpc) is 3.09. The van der Waals surface area contributed by atoms with Crippen LogP contribution in [0.25, 0.3) is 11.0 Å². The first-order valence-corrected chi connectivity index (χ1v) is 6.11. The van der Waals surface area contributed by atoms with Gasteiger partial charge in [0.15, 0.2) is 0 Å². The number of aromatic nitrogens is 3. The largest absolute Gasteiger partial charge is 0.463 e. The van der Waals surface area contributed by atoms with E-state index >= 15 is 0 Å². The van der Waals surface area contributed by atoms with Gasteiger partial charge < -0.3 is 9.30 Å². The highest BCUT2D eigenvalue weighted by molar-refractivity contribution is 9.10. The number of carbonyl (C=O) groups excluding carboxylic acids is 1. The van der Waals surface area contributed by atoms with Crippen molar-refractivity contribution in [3.8, 4) is 0 Å². The molecule has 1 aliphatic carbocycles. The third-order valence-electron chi connectivity index (χ3n) is 2.83. The number of nitrogens with zero attached hydrogens (tertiary/aromatic N) is 3. The monoisotopic (exact) mass is 295 g/mol. The van der Waals surface area contributed by atoms with E-state index in [1.165, 1.54) is 7.11 Å². The van der Waals surface area contributed by atoms with Crippen molar-refractivity contribution in [2.45, 2.75) is 18.9 Å². The van der Waals surface area contributed by atoms with Gasteiger partial charge in [-0.25, -0.2) is 9.78 Å². The predicted octanol–water partition coefficient (Wildman–Crippen LogP) is 2.32. The van der Waals surface area contributed by atoms with Gasteiger partial charge in [-0.05, 0) is 28.8 Å². The highest BCUT2D eigenvalue weighted by atomic mass is 79.9. The molecule has 0 atom stereocenters. The number of halogens is 1. The smallest absolute Gasteiger partial charge is 0.374 e. The lowest BCUT2D eigenvalue weighted by Gasteiger charge is -2.06. The van der Waals surface area contributed by atoms with Crippen LogP contribution in [0.2, 0.25) is 0 Å². The fourth-order valence-corrected chi connectivity index (χ4v) is 2.45. The zero-order chi connectivity index (χ0) is 12.0. The second-order valence-corrected chi connectivity index (χ2v) is 4.87. The summed E-state index contributed by atoms with van der Waals surface area (Å²) in [5.74, 6) is -0.0429. The number of methoxy groups -OCH3 is 1. The Morgan fingerprint density at radius 2 is 2.29 bits per heavy atom. The fraction of sp³-hybridized carbons (Fsp3) is 0.364. The molecule has 0 aliphatic heterocycles. The second kappa shape index (κ2) is 3.80. The summed E-state index contributed by atoms with van der Waals surface area (Å²) in [4.78, 5) is 20.1. The zero-order valence-electron chi connectivity index (χ0n) is 9.18. The Kier molecular flexibility index (Phi) is 2.39. The Labute approximate surface area is 106 Å².